The molecule has 1 aromatic carbocycles. The average molecular weight is 345 g/mol. The first-order chi connectivity index (χ1) is 11.6. The van der Waals surface area contributed by atoms with Gasteiger partial charge in [0.25, 0.3) is 11.6 Å². The first-order valence-electron chi connectivity index (χ1n) is 7.25. The van der Waals surface area contributed by atoms with Gasteiger partial charge in [0, 0.05) is 22.6 Å². The molecule has 3 rings (SSSR count). The number of rotatable bonds is 5. The number of nitrogens with one attached hydrogen (secondary N) is 3. The predicted octanol–water partition coefficient (Wildman–Crippen LogP) is 1.71. The molecule has 8 nitrogen and oxygen atoms in total. The molecule has 0 bridgehead atoms. The number of carbonyl (C=O) groups excluding carboxylic acids is 1. The van der Waals surface area contributed by atoms with Crippen LogP contribution in [0.2, 0.25) is 0 Å². The van der Waals surface area contributed by atoms with E-state index < -0.39 is 4.92 Å². The minimum absolute atomic E-state index is 0.0225. The Morgan fingerprint density at radius 1 is 1.38 bits per heavy atom. The lowest BCUT2D eigenvalue weighted by molar-refractivity contribution is -0.384. The summed E-state index contributed by atoms with van der Waals surface area (Å²) in [5, 5.41) is 16.6. The third-order valence-electron chi connectivity index (χ3n) is 3.58. The molecule has 0 radical (unpaired) electrons. The van der Waals surface area contributed by atoms with Crippen molar-refractivity contribution in [1.82, 2.24) is 16.3 Å². The summed E-state index contributed by atoms with van der Waals surface area (Å²) in [6.45, 7) is 0. The van der Waals surface area contributed by atoms with Crippen molar-refractivity contribution in [1.29, 1.82) is 0 Å². The van der Waals surface area contributed by atoms with E-state index in [1.54, 1.807) is 23.5 Å². The van der Waals surface area contributed by atoms with Gasteiger partial charge in [-0.2, -0.15) is 5.10 Å². The molecular formula is C15H15N5O3S. The van der Waals surface area contributed by atoms with Gasteiger partial charge in [0.1, 0.15) is 6.04 Å². The van der Waals surface area contributed by atoms with Crippen molar-refractivity contribution in [2.45, 2.75) is 18.5 Å². The van der Waals surface area contributed by atoms with E-state index in [1.807, 2.05) is 17.5 Å². The van der Waals surface area contributed by atoms with Crippen molar-refractivity contribution in [3.63, 3.8) is 0 Å². The zero-order chi connectivity index (χ0) is 16.9. The number of hydrazine groups is 1. The number of nitro benzene ring substituents is 1. The van der Waals surface area contributed by atoms with E-state index >= 15 is 0 Å². The third-order valence-corrected chi connectivity index (χ3v) is 4.56. The fraction of sp³-hybridized carbons (Fsp3) is 0.200. The molecule has 9 heteroatoms. The maximum absolute atomic E-state index is 12.1. The number of benzene rings is 1. The van der Waals surface area contributed by atoms with Crippen LogP contribution in [-0.4, -0.2) is 23.1 Å². The van der Waals surface area contributed by atoms with Gasteiger partial charge in [-0.25, -0.2) is 16.3 Å². The van der Waals surface area contributed by atoms with Crippen molar-refractivity contribution in [3.8, 4) is 0 Å². The molecule has 3 N–H and O–H groups in total. The fourth-order valence-electron chi connectivity index (χ4n) is 2.37. The smallest absolute Gasteiger partial charge is 0.270 e. The number of non-ortho nitro benzene ring substituents is 1. The molecule has 1 saturated heterocycles. The number of amides is 1. The van der Waals surface area contributed by atoms with Crippen LogP contribution in [0.4, 0.5) is 5.69 Å². The highest BCUT2D eigenvalue weighted by atomic mass is 32.1. The van der Waals surface area contributed by atoms with Gasteiger partial charge in [-0.15, -0.1) is 11.3 Å². The van der Waals surface area contributed by atoms with Crippen LogP contribution in [0.25, 0.3) is 0 Å². The summed E-state index contributed by atoms with van der Waals surface area (Å²) in [7, 11) is 0. The second-order valence-corrected chi connectivity index (χ2v) is 6.21. The van der Waals surface area contributed by atoms with Crippen molar-refractivity contribution < 1.29 is 9.72 Å². The first-order valence-corrected chi connectivity index (χ1v) is 8.13. The normalized spacial score (nSPS) is 20.3. The van der Waals surface area contributed by atoms with E-state index in [-0.39, 0.29) is 23.7 Å². The number of hydrogen-bond acceptors (Lipinski definition) is 7. The fourth-order valence-corrected chi connectivity index (χ4v) is 3.16. The molecule has 1 fully saturated rings. The van der Waals surface area contributed by atoms with Gasteiger partial charge in [-0.1, -0.05) is 18.2 Å². The highest BCUT2D eigenvalue weighted by Crippen LogP contribution is 2.25. The zero-order valence-corrected chi connectivity index (χ0v) is 13.3. The van der Waals surface area contributed by atoms with Crippen LogP contribution in [0.3, 0.4) is 0 Å². The quantitative estimate of drug-likeness (QED) is 0.434. The SMILES string of the molecule is O=C(N/N=C/c1cccc([N+](=O)[O-])c1)C1CC(c2cccs2)NN1. The molecule has 1 amide bonds. The second-order valence-electron chi connectivity index (χ2n) is 5.23. The average Bonchev–Trinajstić information content (AvgIpc) is 3.26. The molecule has 1 aliphatic heterocycles. The molecule has 0 spiro atoms. The number of carbonyl (C=O) groups is 1. The van der Waals surface area contributed by atoms with Gasteiger partial charge in [0.2, 0.25) is 0 Å². The molecule has 2 heterocycles. The van der Waals surface area contributed by atoms with Gasteiger partial charge < -0.3 is 0 Å². The Morgan fingerprint density at radius 2 is 2.25 bits per heavy atom. The summed E-state index contributed by atoms with van der Waals surface area (Å²) in [4.78, 5) is 23.5. The van der Waals surface area contributed by atoms with Crippen molar-refractivity contribution >= 4 is 29.1 Å². The maximum atomic E-state index is 12.1. The minimum Gasteiger partial charge on any atom is -0.271 e. The van der Waals surface area contributed by atoms with E-state index in [0.29, 0.717) is 12.0 Å². The van der Waals surface area contributed by atoms with E-state index in [2.05, 4.69) is 21.4 Å². The number of hydrazone groups is 1. The second kappa shape index (κ2) is 7.30. The number of thiophene rings is 1. The van der Waals surface area contributed by atoms with Gasteiger partial charge in [-0.05, 0) is 17.9 Å². The molecular weight excluding hydrogens is 330 g/mol. The monoisotopic (exact) mass is 345 g/mol. The topological polar surface area (TPSA) is 109 Å². The summed E-state index contributed by atoms with van der Waals surface area (Å²) in [6.07, 6.45) is 2.00. The van der Waals surface area contributed by atoms with E-state index in [1.165, 1.54) is 18.3 Å². The summed E-state index contributed by atoms with van der Waals surface area (Å²) in [5.74, 6) is -0.261. The van der Waals surface area contributed by atoms with E-state index in [9.17, 15) is 14.9 Å². The van der Waals surface area contributed by atoms with Gasteiger partial charge in [0.15, 0.2) is 0 Å². The molecule has 2 aromatic rings. The Hall–Kier alpha value is -2.62. The Balaban J connectivity index is 1.54. The third kappa shape index (κ3) is 3.82. The lowest BCUT2D eigenvalue weighted by atomic mass is 10.1. The summed E-state index contributed by atoms with van der Waals surface area (Å²) in [5.41, 5.74) is 9.01. The van der Waals surface area contributed by atoms with Crippen LogP contribution in [0.1, 0.15) is 22.9 Å². The van der Waals surface area contributed by atoms with Crippen LogP contribution in [0, 0.1) is 10.1 Å². The standard InChI is InChI=1S/C15H15N5O3S/c21-15(13-8-12(17-18-13)14-5-2-6-24-14)19-16-9-10-3-1-4-11(7-10)20(22)23/h1-7,9,12-13,17-18H,8H2,(H,19,21)/b16-9+. The molecule has 24 heavy (non-hydrogen) atoms. The Bertz CT molecular complexity index is 762. The summed E-state index contributed by atoms with van der Waals surface area (Å²) >= 11 is 1.63. The summed E-state index contributed by atoms with van der Waals surface area (Å²) in [6, 6.07) is 9.72. The van der Waals surface area contributed by atoms with Crippen LogP contribution in [0.15, 0.2) is 46.9 Å². The lowest BCUT2D eigenvalue weighted by Crippen LogP contribution is -2.41. The highest BCUT2D eigenvalue weighted by Gasteiger charge is 2.30. The van der Waals surface area contributed by atoms with Crippen molar-refractivity contribution in [2.24, 2.45) is 5.10 Å². The minimum atomic E-state index is -0.477. The lowest BCUT2D eigenvalue weighted by Gasteiger charge is -2.06. The molecule has 1 aromatic heterocycles. The predicted molar refractivity (Wildman–Crippen MR) is 90.6 cm³/mol. The zero-order valence-electron chi connectivity index (χ0n) is 12.5. The summed E-state index contributed by atoms with van der Waals surface area (Å²) < 4.78 is 0. The number of hydrogen-bond donors (Lipinski definition) is 3. The van der Waals surface area contributed by atoms with E-state index in [4.69, 9.17) is 0 Å². The maximum Gasteiger partial charge on any atom is 0.270 e. The molecule has 1 aliphatic rings. The van der Waals surface area contributed by atoms with Crippen LogP contribution in [0.5, 0.6) is 0 Å². The molecule has 0 aliphatic carbocycles. The van der Waals surface area contributed by atoms with Crippen LogP contribution in [-0.2, 0) is 4.79 Å². The van der Waals surface area contributed by atoms with Crippen molar-refractivity contribution in [3.05, 3.63) is 62.3 Å². The molecule has 2 atom stereocenters. The largest absolute Gasteiger partial charge is 0.271 e. The van der Waals surface area contributed by atoms with Crippen LogP contribution >= 0.6 is 11.3 Å². The van der Waals surface area contributed by atoms with Crippen molar-refractivity contribution in [2.75, 3.05) is 0 Å². The molecule has 0 saturated carbocycles. The molecule has 2 unspecified atom stereocenters. The van der Waals surface area contributed by atoms with Gasteiger partial charge in [0.05, 0.1) is 17.2 Å². The van der Waals surface area contributed by atoms with E-state index in [0.717, 1.165) is 4.88 Å². The molecule has 124 valence electrons. The number of nitrogens with zero attached hydrogens (tertiary/aromatic N) is 2. The van der Waals surface area contributed by atoms with Gasteiger partial charge in [-0.3, -0.25) is 14.9 Å². The van der Waals surface area contributed by atoms with Crippen LogP contribution < -0.4 is 16.3 Å². The Morgan fingerprint density at radius 3 is 3.00 bits per heavy atom. The Labute approximate surface area is 141 Å². The highest BCUT2D eigenvalue weighted by molar-refractivity contribution is 7.10. The first kappa shape index (κ1) is 16.2. The van der Waals surface area contributed by atoms with Gasteiger partial charge >= 0.3 is 0 Å². The Kier molecular flexibility index (Phi) is 4.94. The number of nitro groups is 1.